The van der Waals surface area contributed by atoms with E-state index in [1.807, 2.05) is 6.92 Å². The van der Waals surface area contributed by atoms with E-state index >= 15 is 0 Å². The van der Waals surface area contributed by atoms with Gasteiger partial charge in [-0.15, -0.1) is 0 Å². The van der Waals surface area contributed by atoms with Gasteiger partial charge in [-0.3, -0.25) is 9.59 Å². The predicted molar refractivity (Wildman–Crippen MR) is 83.4 cm³/mol. The summed E-state index contributed by atoms with van der Waals surface area (Å²) in [5.41, 5.74) is -0.552. The molecule has 0 radical (unpaired) electrons. The molecule has 22 heavy (non-hydrogen) atoms. The minimum atomic E-state index is -0.593. The van der Waals surface area contributed by atoms with Crippen molar-refractivity contribution in [2.45, 2.75) is 71.9 Å². The number of Topliss-reactive ketones (excluding diaryl/α,β-unsaturated/α-hetero) is 1. The molecule has 0 bridgehead atoms. The molecule has 0 fully saturated rings. The van der Waals surface area contributed by atoms with Crippen molar-refractivity contribution in [3.63, 3.8) is 0 Å². The molecular formula is C16H29NO5. The summed E-state index contributed by atoms with van der Waals surface area (Å²) in [5, 5.41) is 2.66. The van der Waals surface area contributed by atoms with Gasteiger partial charge in [-0.2, -0.15) is 0 Å². The first-order chi connectivity index (χ1) is 10.2. The molecule has 0 unspecified atom stereocenters. The molecule has 0 aliphatic rings. The van der Waals surface area contributed by atoms with E-state index in [4.69, 9.17) is 9.47 Å². The van der Waals surface area contributed by atoms with Crippen LogP contribution in [-0.2, 0) is 23.9 Å². The molecule has 0 aliphatic carbocycles. The van der Waals surface area contributed by atoms with Gasteiger partial charge < -0.3 is 14.8 Å². The first kappa shape index (κ1) is 20.6. The summed E-state index contributed by atoms with van der Waals surface area (Å²) < 4.78 is 10.4. The van der Waals surface area contributed by atoms with Crippen molar-refractivity contribution in [1.82, 2.24) is 5.32 Å². The Balaban J connectivity index is 4.27. The van der Waals surface area contributed by atoms with E-state index in [0.717, 1.165) is 12.8 Å². The molecular weight excluding hydrogens is 286 g/mol. The smallest absolute Gasteiger partial charge is 0.332 e. The Hall–Kier alpha value is -1.43. The summed E-state index contributed by atoms with van der Waals surface area (Å²) in [5.74, 6) is -1.49. The van der Waals surface area contributed by atoms with Gasteiger partial charge in [0.2, 0.25) is 5.78 Å². The maximum atomic E-state index is 11.6. The molecule has 1 atom stereocenters. The van der Waals surface area contributed by atoms with Gasteiger partial charge in [0, 0.05) is 6.42 Å². The number of amides is 1. The SMILES string of the molecule is CCCC[C@@H](COCC(=O)OC(C)(C)C)NC(=O)C(=O)CC. The van der Waals surface area contributed by atoms with Crippen molar-refractivity contribution < 1.29 is 23.9 Å². The lowest BCUT2D eigenvalue weighted by Crippen LogP contribution is -2.42. The molecule has 0 rings (SSSR count). The van der Waals surface area contributed by atoms with E-state index in [1.165, 1.54) is 0 Å². The first-order valence-corrected chi connectivity index (χ1v) is 7.82. The van der Waals surface area contributed by atoms with Crippen LogP contribution in [0.25, 0.3) is 0 Å². The van der Waals surface area contributed by atoms with E-state index in [2.05, 4.69) is 5.32 Å². The van der Waals surface area contributed by atoms with Gasteiger partial charge in [-0.1, -0.05) is 26.7 Å². The fourth-order valence-corrected chi connectivity index (χ4v) is 1.73. The number of unbranched alkanes of at least 4 members (excludes halogenated alkanes) is 1. The Morgan fingerprint density at radius 2 is 1.77 bits per heavy atom. The first-order valence-electron chi connectivity index (χ1n) is 7.82. The Kier molecular flexibility index (Phi) is 9.65. The number of rotatable bonds is 10. The second-order valence-corrected chi connectivity index (χ2v) is 6.19. The van der Waals surface area contributed by atoms with Gasteiger partial charge in [0.1, 0.15) is 12.2 Å². The third kappa shape index (κ3) is 10.3. The topological polar surface area (TPSA) is 81.7 Å². The number of hydrogen-bond acceptors (Lipinski definition) is 5. The van der Waals surface area contributed by atoms with E-state index in [0.29, 0.717) is 6.42 Å². The largest absolute Gasteiger partial charge is 0.458 e. The molecule has 0 saturated heterocycles. The zero-order valence-corrected chi connectivity index (χ0v) is 14.4. The van der Waals surface area contributed by atoms with Crippen molar-refractivity contribution in [3.8, 4) is 0 Å². The van der Waals surface area contributed by atoms with Crippen LogP contribution in [0, 0.1) is 0 Å². The molecule has 0 aromatic heterocycles. The summed E-state index contributed by atoms with van der Waals surface area (Å²) in [6.45, 7) is 9.04. The molecule has 6 heteroatoms. The van der Waals surface area contributed by atoms with Crippen LogP contribution in [0.2, 0.25) is 0 Å². The summed E-state index contributed by atoms with van der Waals surface area (Å²) >= 11 is 0. The zero-order chi connectivity index (χ0) is 17.2. The van der Waals surface area contributed by atoms with Gasteiger partial charge in [0.25, 0.3) is 5.91 Å². The summed E-state index contributed by atoms with van der Waals surface area (Å²) in [6, 6.07) is -0.273. The van der Waals surface area contributed by atoms with Crippen LogP contribution in [0.15, 0.2) is 0 Å². The zero-order valence-electron chi connectivity index (χ0n) is 14.4. The summed E-state index contributed by atoms with van der Waals surface area (Å²) in [4.78, 5) is 34.5. The van der Waals surface area contributed by atoms with Gasteiger partial charge in [-0.05, 0) is 27.2 Å². The van der Waals surface area contributed by atoms with Crippen LogP contribution in [-0.4, -0.2) is 42.5 Å². The van der Waals surface area contributed by atoms with Crippen molar-refractivity contribution in [1.29, 1.82) is 0 Å². The minimum absolute atomic E-state index is 0.169. The number of nitrogens with one attached hydrogen (secondary N) is 1. The second-order valence-electron chi connectivity index (χ2n) is 6.19. The Morgan fingerprint density at radius 1 is 1.14 bits per heavy atom. The molecule has 0 aromatic rings. The second kappa shape index (κ2) is 10.3. The molecule has 0 aromatic carbocycles. The van der Waals surface area contributed by atoms with E-state index in [1.54, 1.807) is 27.7 Å². The third-order valence-electron chi connectivity index (χ3n) is 2.77. The van der Waals surface area contributed by atoms with Gasteiger partial charge in [0.05, 0.1) is 12.6 Å². The van der Waals surface area contributed by atoms with Gasteiger partial charge >= 0.3 is 5.97 Å². The number of esters is 1. The maximum absolute atomic E-state index is 11.6. The highest BCUT2D eigenvalue weighted by molar-refractivity contribution is 6.36. The van der Waals surface area contributed by atoms with Crippen LogP contribution >= 0.6 is 0 Å². The molecule has 1 N–H and O–H groups in total. The minimum Gasteiger partial charge on any atom is -0.458 e. The molecule has 0 spiro atoms. The van der Waals surface area contributed by atoms with Crippen LogP contribution in [0.3, 0.4) is 0 Å². The standard InChI is InChI=1S/C16H29NO5/c1-6-8-9-12(17-15(20)13(18)7-2)10-21-11-14(19)22-16(3,4)5/h12H,6-11H2,1-5H3,(H,17,20)/t12-/m0/s1. The number of carbonyl (C=O) groups excluding carboxylic acids is 3. The lowest BCUT2D eigenvalue weighted by Gasteiger charge is -2.21. The third-order valence-corrected chi connectivity index (χ3v) is 2.77. The van der Waals surface area contributed by atoms with Crippen LogP contribution < -0.4 is 5.32 Å². The molecule has 0 aliphatic heterocycles. The number of ketones is 1. The van der Waals surface area contributed by atoms with Crippen molar-refractivity contribution in [3.05, 3.63) is 0 Å². The van der Waals surface area contributed by atoms with Crippen molar-refractivity contribution in [2.24, 2.45) is 0 Å². The van der Waals surface area contributed by atoms with E-state index < -0.39 is 23.3 Å². The summed E-state index contributed by atoms with van der Waals surface area (Å²) in [6.07, 6.45) is 2.75. The normalized spacial score (nSPS) is 12.6. The van der Waals surface area contributed by atoms with E-state index in [9.17, 15) is 14.4 Å². The average molecular weight is 315 g/mol. The molecule has 0 heterocycles. The Morgan fingerprint density at radius 3 is 2.27 bits per heavy atom. The number of carbonyl (C=O) groups is 3. The highest BCUT2D eigenvalue weighted by Crippen LogP contribution is 2.07. The lowest BCUT2D eigenvalue weighted by molar-refractivity contribution is -0.160. The fourth-order valence-electron chi connectivity index (χ4n) is 1.73. The van der Waals surface area contributed by atoms with Gasteiger partial charge in [0.15, 0.2) is 0 Å². The van der Waals surface area contributed by atoms with Crippen LogP contribution in [0.4, 0.5) is 0 Å². The lowest BCUT2D eigenvalue weighted by atomic mass is 10.1. The Bertz CT molecular complexity index is 373. The van der Waals surface area contributed by atoms with Crippen molar-refractivity contribution in [2.75, 3.05) is 13.2 Å². The summed E-state index contributed by atoms with van der Waals surface area (Å²) in [7, 11) is 0. The monoisotopic (exact) mass is 315 g/mol. The number of hydrogen-bond donors (Lipinski definition) is 1. The highest BCUT2D eigenvalue weighted by Gasteiger charge is 2.19. The maximum Gasteiger partial charge on any atom is 0.332 e. The van der Waals surface area contributed by atoms with E-state index in [-0.39, 0.29) is 25.7 Å². The average Bonchev–Trinajstić information content (AvgIpc) is 2.41. The Labute approximate surface area is 132 Å². The highest BCUT2D eigenvalue weighted by atomic mass is 16.6. The predicted octanol–water partition coefficient (Wildman–Crippen LogP) is 2.00. The quantitative estimate of drug-likeness (QED) is 0.492. The van der Waals surface area contributed by atoms with Crippen molar-refractivity contribution >= 4 is 17.7 Å². The molecule has 128 valence electrons. The van der Waals surface area contributed by atoms with Crippen LogP contribution in [0.1, 0.15) is 60.3 Å². The fraction of sp³-hybridized carbons (Fsp3) is 0.812. The molecule has 6 nitrogen and oxygen atoms in total. The van der Waals surface area contributed by atoms with Gasteiger partial charge in [-0.25, -0.2) is 4.79 Å². The molecule has 0 saturated carbocycles. The van der Waals surface area contributed by atoms with Crippen LogP contribution in [0.5, 0.6) is 0 Å². The number of ether oxygens (including phenoxy) is 2. The molecule has 1 amide bonds.